The molecular weight excluding hydrogens is 560 g/mol. The first-order valence-corrected chi connectivity index (χ1v) is 16.5. The maximum atomic E-state index is 14.0. The molecule has 2 aliphatic heterocycles. The van der Waals surface area contributed by atoms with Crippen molar-refractivity contribution in [2.24, 2.45) is 0 Å². The standard InChI is InChI=1S/C35H36N2O5S/c1-5-41-35(38)24-17-30(37-32(19-24)42-31-18-23-9-8-11-26(21(2)3)33(23)34(31)37)28-20-36(29-12-7-6-10-27(28)29)43(39,40)25-15-13-22(4)14-16-25/h6-17,20-21,30-32,34H,5,18-19H2,1-4H3/t30-,31+,32+,34+/m0/s1. The lowest BCUT2D eigenvalue weighted by Crippen LogP contribution is -2.40. The molecule has 3 heterocycles. The van der Waals surface area contributed by atoms with Gasteiger partial charge in [0.1, 0.15) is 6.23 Å². The summed E-state index contributed by atoms with van der Waals surface area (Å²) in [5.41, 5.74) is 6.86. The fourth-order valence-electron chi connectivity index (χ4n) is 7.20. The second kappa shape index (κ2) is 10.5. The van der Waals surface area contributed by atoms with Crippen LogP contribution in [0.2, 0.25) is 0 Å². The lowest BCUT2D eigenvalue weighted by Gasteiger charge is -2.38. The number of hydrogen-bond donors (Lipinski definition) is 0. The van der Waals surface area contributed by atoms with Gasteiger partial charge in [-0.2, -0.15) is 0 Å². The number of rotatable bonds is 6. The molecule has 0 spiro atoms. The maximum Gasteiger partial charge on any atom is 0.333 e. The molecule has 222 valence electrons. The largest absolute Gasteiger partial charge is 0.463 e. The normalized spacial score (nSPS) is 23.2. The monoisotopic (exact) mass is 596 g/mol. The molecule has 0 N–H and O–H groups in total. The Morgan fingerprint density at radius 2 is 1.79 bits per heavy atom. The number of benzene rings is 3. The summed E-state index contributed by atoms with van der Waals surface area (Å²) >= 11 is 0. The first-order chi connectivity index (χ1) is 20.7. The molecule has 1 saturated heterocycles. The summed E-state index contributed by atoms with van der Waals surface area (Å²) in [5.74, 6) is -0.0183. The molecule has 4 aromatic rings. The van der Waals surface area contributed by atoms with Crippen LogP contribution >= 0.6 is 0 Å². The minimum absolute atomic E-state index is 0.0144. The summed E-state index contributed by atoms with van der Waals surface area (Å²) in [7, 11) is -3.89. The van der Waals surface area contributed by atoms with Gasteiger partial charge in [0.25, 0.3) is 10.0 Å². The van der Waals surface area contributed by atoms with E-state index in [1.807, 2.05) is 49.4 Å². The second-order valence-electron chi connectivity index (χ2n) is 12.1. The zero-order valence-corrected chi connectivity index (χ0v) is 25.7. The molecule has 0 unspecified atom stereocenters. The summed E-state index contributed by atoms with van der Waals surface area (Å²) < 4.78 is 41.7. The number of hydrogen-bond acceptors (Lipinski definition) is 6. The van der Waals surface area contributed by atoms with E-state index in [1.165, 1.54) is 20.7 Å². The average molecular weight is 597 g/mol. The minimum atomic E-state index is -3.89. The predicted molar refractivity (Wildman–Crippen MR) is 165 cm³/mol. The van der Waals surface area contributed by atoms with Crippen LogP contribution in [0, 0.1) is 6.92 Å². The first-order valence-electron chi connectivity index (χ1n) is 15.0. The average Bonchev–Trinajstić information content (AvgIpc) is 3.66. The van der Waals surface area contributed by atoms with Crippen molar-refractivity contribution in [2.75, 3.05) is 6.61 Å². The molecule has 0 bridgehead atoms. The molecule has 4 atom stereocenters. The van der Waals surface area contributed by atoms with Crippen molar-refractivity contribution in [3.05, 3.63) is 112 Å². The third kappa shape index (κ3) is 4.46. The molecule has 0 radical (unpaired) electrons. The molecule has 3 aliphatic rings. The van der Waals surface area contributed by atoms with Gasteiger partial charge in [-0.25, -0.2) is 17.2 Å². The number of carbonyl (C=O) groups is 1. The van der Waals surface area contributed by atoms with Crippen molar-refractivity contribution in [1.82, 2.24) is 8.87 Å². The molecule has 8 heteroatoms. The van der Waals surface area contributed by atoms with Gasteiger partial charge in [0.15, 0.2) is 0 Å². The van der Waals surface area contributed by atoms with Crippen LogP contribution in [0.1, 0.15) is 73.0 Å². The SMILES string of the molecule is CCOC(=O)C1=C[C@@H](c2cn(S(=O)(=O)c3ccc(C)cc3)c3ccccc23)N2[C@@H](C1)O[C@@H]1Cc3cccc(C(C)C)c3[C@@H]12. The van der Waals surface area contributed by atoms with Crippen LogP contribution in [0.25, 0.3) is 10.9 Å². The van der Waals surface area contributed by atoms with Crippen molar-refractivity contribution in [1.29, 1.82) is 0 Å². The smallest absolute Gasteiger partial charge is 0.333 e. The highest BCUT2D eigenvalue weighted by molar-refractivity contribution is 7.90. The highest BCUT2D eigenvalue weighted by Crippen LogP contribution is 2.54. The van der Waals surface area contributed by atoms with E-state index in [1.54, 1.807) is 25.3 Å². The Morgan fingerprint density at radius 3 is 2.53 bits per heavy atom. The van der Waals surface area contributed by atoms with E-state index in [-0.39, 0.29) is 35.8 Å². The number of carbonyl (C=O) groups excluding carboxylic acids is 1. The Bertz CT molecular complexity index is 1870. The van der Waals surface area contributed by atoms with E-state index in [0.717, 1.165) is 22.9 Å². The molecule has 0 saturated carbocycles. The Balaban J connectivity index is 1.43. The highest BCUT2D eigenvalue weighted by atomic mass is 32.2. The van der Waals surface area contributed by atoms with Crippen molar-refractivity contribution >= 4 is 26.9 Å². The lowest BCUT2D eigenvalue weighted by atomic mass is 9.89. The van der Waals surface area contributed by atoms with Crippen molar-refractivity contribution in [2.45, 2.75) is 75.8 Å². The number of para-hydroxylation sites is 1. The van der Waals surface area contributed by atoms with E-state index in [9.17, 15) is 13.2 Å². The summed E-state index contributed by atoms with van der Waals surface area (Å²) in [4.78, 5) is 15.7. The number of fused-ring (bicyclic) bond motifs is 6. The summed E-state index contributed by atoms with van der Waals surface area (Å²) in [5, 5.41) is 0.821. The first kappa shape index (κ1) is 28.1. The molecular formula is C35H36N2O5S. The van der Waals surface area contributed by atoms with Crippen LogP contribution in [0.3, 0.4) is 0 Å². The second-order valence-corrected chi connectivity index (χ2v) is 13.9. The highest BCUT2D eigenvalue weighted by Gasteiger charge is 2.53. The van der Waals surface area contributed by atoms with Crippen LogP contribution in [-0.2, 0) is 30.7 Å². The number of aryl methyl sites for hydroxylation is 1. The summed E-state index contributed by atoms with van der Waals surface area (Å²) in [6, 6.07) is 20.6. The predicted octanol–water partition coefficient (Wildman–Crippen LogP) is 6.57. The van der Waals surface area contributed by atoms with Gasteiger partial charge in [-0.1, -0.05) is 74.0 Å². The van der Waals surface area contributed by atoms with Crippen molar-refractivity contribution in [3.8, 4) is 0 Å². The minimum Gasteiger partial charge on any atom is -0.463 e. The molecule has 7 nitrogen and oxygen atoms in total. The topological polar surface area (TPSA) is 77.8 Å². The van der Waals surface area contributed by atoms with Crippen LogP contribution in [0.15, 0.2) is 89.5 Å². The van der Waals surface area contributed by atoms with E-state index in [4.69, 9.17) is 9.47 Å². The molecule has 0 amide bonds. The van der Waals surface area contributed by atoms with E-state index in [2.05, 4.69) is 36.9 Å². The van der Waals surface area contributed by atoms with Gasteiger partial charge < -0.3 is 9.47 Å². The molecule has 7 rings (SSSR count). The van der Waals surface area contributed by atoms with Crippen molar-refractivity contribution < 1.29 is 22.7 Å². The fourth-order valence-corrected chi connectivity index (χ4v) is 8.58. The Labute approximate surface area is 252 Å². The van der Waals surface area contributed by atoms with Gasteiger partial charge in [-0.15, -0.1) is 0 Å². The van der Waals surface area contributed by atoms with Gasteiger partial charge >= 0.3 is 5.97 Å². The van der Waals surface area contributed by atoms with Crippen LogP contribution in [-0.4, -0.2) is 42.2 Å². The van der Waals surface area contributed by atoms with Gasteiger partial charge in [-0.05, 0) is 54.7 Å². The summed E-state index contributed by atoms with van der Waals surface area (Å²) in [6.45, 7) is 8.44. The molecule has 3 aromatic carbocycles. The number of esters is 1. The zero-order valence-electron chi connectivity index (χ0n) is 24.9. The zero-order chi connectivity index (χ0) is 30.0. The van der Waals surface area contributed by atoms with Gasteiger partial charge in [0, 0.05) is 35.6 Å². The maximum absolute atomic E-state index is 14.0. The van der Waals surface area contributed by atoms with Crippen LogP contribution in [0.5, 0.6) is 0 Å². The third-order valence-electron chi connectivity index (χ3n) is 9.12. The van der Waals surface area contributed by atoms with E-state index in [0.29, 0.717) is 23.4 Å². The van der Waals surface area contributed by atoms with Crippen LogP contribution < -0.4 is 0 Å². The molecule has 43 heavy (non-hydrogen) atoms. The molecule has 1 aliphatic carbocycles. The van der Waals surface area contributed by atoms with E-state index < -0.39 is 16.1 Å². The van der Waals surface area contributed by atoms with Crippen LogP contribution in [0.4, 0.5) is 0 Å². The van der Waals surface area contributed by atoms with Crippen molar-refractivity contribution in [3.63, 3.8) is 0 Å². The molecule has 1 fully saturated rings. The summed E-state index contributed by atoms with van der Waals surface area (Å²) in [6.07, 6.45) is 4.54. The lowest BCUT2D eigenvalue weighted by molar-refractivity contribution is -0.139. The quantitative estimate of drug-likeness (QED) is 0.235. The number of ether oxygens (including phenoxy) is 2. The van der Waals surface area contributed by atoms with Gasteiger partial charge in [-0.3, -0.25) is 4.90 Å². The third-order valence-corrected chi connectivity index (χ3v) is 10.8. The van der Waals surface area contributed by atoms with Gasteiger partial charge in [0.05, 0.1) is 35.2 Å². The number of nitrogens with zero attached hydrogens (tertiary/aromatic N) is 2. The molecule has 1 aromatic heterocycles. The van der Waals surface area contributed by atoms with E-state index >= 15 is 0 Å². The number of aromatic nitrogens is 1. The Hall–Kier alpha value is -3.72. The van der Waals surface area contributed by atoms with Gasteiger partial charge in [0.2, 0.25) is 0 Å². The Morgan fingerprint density at radius 1 is 1.02 bits per heavy atom. The fraction of sp³-hybridized carbons (Fsp3) is 0.343. The Kier molecular flexibility index (Phi) is 6.84.